The minimum absolute atomic E-state index is 0.0789. The van der Waals surface area contributed by atoms with E-state index in [4.69, 9.17) is 11.6 Å². The van der Waals surface area contributed by atoms with E-state index in [1.54, 1.807) is 24.0 Å². The van der Waals surface area contributed by atoms with E-state index in [0.29, 0.717) is 23.7 Å². The molecule has 2 rings (SSSR count). The highest BCUT2D eigenvalue weighted by Gasteiger charge is 2.39. The number of halogens is 2. The predicted octanol–water partition coefficient (Wildman–Crippen LogP) is 2.15. The average molecular weight is 352 g/mol. The lowest BCUT2D eigenvalue weighted by Crippen LogP contribution is -2.61. The van der Waals surface area contributed by atoms with Gasteiger partial charge in [-0.05, 0) is 47.7 Å². The third kappa shape index (κ3) is 2.33. The minimum atomic E-state index is -0.733. The van der Waals surface area contributed by atoms with Crippen molar-refractivity contribution >= 4 is 40.1 Å². The van der Waals surface area contributed by atoms with E-state index in [-0.39, 0.29) is 5.91 Å². The number of rotatable bonds is 1. The second-order valence-electron chi connectivity index (χ2n) is 4.29. The van der Waals surface area contributed by atoms with Gasteiger partial charge < -0.3 is 10.0 Å². The molecule has 1 amide bonds. The first-order chi connectivity index (χ1) is 7.39. The zero-order valence-corrected chi connectivity index (χ0v) is 11.6. The zero-order valence-electron chi connectivity index (χ0n) is 8.70. The molecule has 0 aromatic heterocycles. The van der Waals surface area contributed by atoms with Gasteiger partial charge in [-0.3, -0.25) is 4.79 Å². The first-order valence-corrected chi connectivity index (χ1v) is 6.31. The van der Waals surface area contributed by atoms with Crippen molar-refractivity contribution in [1.82, 2.24) is 4.90 Å². The highest BCUT2D eigenvalue weighted by Crippen LogP contribution is 2.25. The molecule has 86 valence electrons. The second kappa shape index (κ2) is 4.16. The highest BCUT2D eigenvalue weighted by molar-refractivity contribution is 14.1. The van der Waals surface area contributed by atoms with Gasteiger partial charge in [-0.25, -0.2) is 0 Å². The van der Waals surface area contributed by atoms with Gasteiger partial charge in [0.15, 0.2) is 0 Å². The fourth-order valence-electron chi connectivity index (χ4n) is 1.73. The molecule has 0 unspecified atom stereocenters. The summed E-state index contributed by atoms with van der Waals surface area (Å²) in [6.07, 6.45) is 0. The number of likely N-dealkylation sites (tertiary alicyclic amines) is 1. The van der Waals surface area contributed by atoms with Gasteiger partial charge in [0.2, 0.25) is 0 Å². The normalized spacial score (nSPS) is 18.1. The molecule has 0 bridgehead atoms. The smallest absolute Gasteiger partial charge is 0.254 e. The molecule has 1 N–H and O–H groups in total. The highest BCUT2D eigenvalue weighted by atomic mass is 127. The number of carbonyl (C=O) groups excluding carboxylic acids is 1. The first kappa shape index (κ1) is 12.1. The number of aliphatic hydroxyl groups is 1. The van der Waals surface area contributed by atoms with E-state index in [1.165, 1.54) is 0 Å². The third-order valence-electron chi connectivity index (χ3n) is 2.52. The van der Waals surface area contributed by atoms with Crippen molar-refractivity contribution in [3.05, 3.63) is 32.4 Å². The van der Waals surface area contributed by atoms with Gasteiger partial charge in [0.05, 0.1) is 23.7 Å². The summed E-state index contributed by atoms with van der Waals surface area (Å²) in [6.45, 7) is 2.49. The molecule has 1 aliphatic rings. The summed E-state index contributed by atoms with van der Waals surface area (Å²) >= 11 is 8.07. The van der Waals surface area contributed by atoms with Crippen molar-refractivity contribution in [2.75, 3.05) is 13.1 Å². The average Bonchev–Trinajstić information content (AvgIpc) is 2.17. The van der Waals surface area contributed by atoms with Crippen LogP contribution in [0.15, 0.2) is 18.2 Å². The van der Waals surface area contributed by atoms with E-state index < -0.39 is 5.60 Å². The van der Waals surface area contributed by atoms with Gasteiger partial charge in [0, 0.05) is 9.13 Å². The third-order valence-corrected chi connectivity index (χ3v) is 4.09. The molecular formula is C11H11ClINO2. The second-order valence-corrected chi connectivity index (χ2v) is 5.86. The fourth-order valence-corrected chi connectivity index (χ4v) is 2.25. The van der Waals surface area contributed by atoms with Gasteiger partial charge in [0.1, 0.15) is 0 Å². The maximum atomic E-state index is 11.9. The lowest BCUT2D eigenvalue weighted by Gasteiger charge is -2.44. The van der Waals surface area contributed by atoms with Crippen LogP contribution in [0.2, 0.25) is 5.02 Å². The maximum absolute atomic E-state index is 11.9. The molecule has 1 fully saturated rings. The van der Waals surface area contributed by atoms with Crippen LogP contribution in [0.3, 0.4) is 0 Å². The Balaban J connectivity index is 2.13. The van der Waals surface area contributed by atoms with Crippen molar-refractivity contribution in [3.63, 3.8) is 0 Å². The molecule has 1 saturated heterocycles. The van der Waals surface area contributed by atoms with E-state index in [9.17, 15) is 9.90 Å². The molecule has 0 spiro atoms. The number of carbonyl (C=O) groups is 1. The molecule has 5 heteroatoms. The molecule has 1 aromatic carbocycles. The molecule has 1 aliphatic heterocycles. The van der Waals surface area contributed by atoms with Crippen LogP contribution in [0.1, 0.15) is 17.3 Å². The van der Waals surface area contributed by atoms with Gasteiger partial charge >= 0.3 is 0 Å². The summed E-state index contributed by atoms with van der Waals surface area (Å²) in [5.41, 5.74) is -0.163. The molecule has 0 aliphatic carbocycles. The Labute approximate surface area is 113 Å². The maximum Gasteiger partial charge on any atom is 0.254 e. The summed E-state index contributed by atoms with van der Waals surface area (Å²) in [4.78, 5) is 13.5. The van der Waals surface area contributed by atoms with Crippen LogP contribution in [0.5, 0.6) is 0 Å². The Hall–Kier alpha value is -0.330. The van der Waals surface area contributed by atoms with Crippen LogP contribution in [0, 0.1) is 3.57 Å². The number of amides is 1. The summed E-state index contributed by atoms with van der Waals surface area (Å²) in [7, 11) is 0. The molecule has 1 aromatic rings. The van der Waals surface area contributed by atoms with Crippen LogP contribution in [0.4, 0.5) is 0 Å². The summed E-state index contributed by atoms with van der Waals surface area (Å²) in [5, 5.41) is 10.1. The standard InChI is InChI=1S/C11H11ClINO2/c1-11(16)5-14(6-11)10(15)7-2-3-9(13)8(12)4-7/h2-4,16H,5-6H2,1H3. The van der Waals surface area contributed by atoms with Crippen molar-refractivity contribution < 1.29 is 9.90 Å². The van der Waals surface area contributed by atoms with Crippen molar-refractivity contribution in [1.29, 1.82) is 0 Å². The van der Waals surface area contributed by atoms with Crippen LogP contribution in [0.25, 0.3) is 0 Å². The Morgan fingerprint density at radius 2 is 2.19 bits per heavy atom. The van der Waals surface area contributed by atoms with E-state index in [1.807, 2.05) is 6.07 Å². The molecule has 0 atom stereocenters. The van der Waals surface area contributed by atoms with Crippen molar-refractivity contribution in [2.24, 2.45) is 0 Å². The van der Waals surface area contributed by atoms with Crippen LogP contribution < -0.4 is 0 Å². The molecule has 0 saturated carbocycles. The van der Waals surface area contributed by atoms with Crippen molar-refractivity contribution in [3.8, 4) is 0 Å². The van der Waals surface area contributed by atoms with Crippen LogP contribution in [-0.4, -0.2) is 34.6 Å². The Morgan fingerprint density at radius 1 is 1.56 bits per heavy atom. The molecular weight excluding hydrogens is 340 g/mol. The minimum Gasteiger partial charge on any atom is -0.386 e. The number of hydrogen-bond acceptors (Lipinski definition) is 2. The van der Waals surface area contributed by atoms with Crippen LogP contribution in [-0.2, 0) is 0 Å². The number of β-amino-alcohol motifs (C(OH)–C–C–N with tert-alkyl or cyclic N) is 1. The monoisotopic (exact) mass is 351 g/mol. The Kier molecular flexibility index (Phi) is 3.16. The fraction of sp³-hybridized carbons (Fsp3) is 0.364. The zero-order chi connectivity index (χ0) is 11.9. The first-order valence-electron chi connectivity index (χ1n) is 4.86. The van der Waals surface area contributed by atoms with E-state index in [2.05, 4.69) is 22.6 Å². The van der Waals surface area contributed by atoms with Gasteiger partial charge in [-0.1, -0.05) is 11.6 Å². The SMILES string of the molecule is CC1(O)CN(C(=O)c2ccc(I)c(Cl)c2)C1. The van der Waals surface area contributed by atoms with Gasteiger partial charge in [-0.15, -0.1) is 0 Å². The van der Waals surface area contributed by atoms with E-state index in [0.717, 1.165) is 3.57 Å². The van der Waals surface area contributed by atoms with Gasteiger partial charge in [-0.2, -0.15) is 0 Å². The van der Waals surface area contributed by atoms with Crippen molar-refractivity contribution in [2.45, 2.75) is 12.5 Å². The summed E-state index contributed by atoms with van der Waals surface area (Å²) in [5.74, 6) is -0.0789. The Bertz CT molecular complexity index is 440. The lowest BCUT2D eigenvalue weighted by molar-refractivity contribution is -0.0668. The molecule has 0 radical (unpaired) electrons. The Morgan fingerprint density at radius 3 is 2.69 bits per heavy atom. The molecule has 1 heterocycles. The predicted molar refractivity (Wildman–Crippen MR) is 70.7 cm³/mol. The quantitative estimate of drug-likeness (QED) is 0.788. The number of benzene rings is 1. The van der Waals surface area contributed by atoms with Gasteiger partial charge in [0.25, 0.3) is 5.91 Å². The number of nitrogens with zero attached hydrogens (tertiary/aromatic N) is 1. The topological polar surface area (TPSA) is 40.5 Å². The summed E-state index contributed by atoms with van der Waals surface area (Å²) < 4.78 is 0.923. The molecule has 16 heavy (non-hydrogen) atoms. The summed E-state index contributed by atoms with van der Waals surface area (Å²) in [6, 6.07) is 5.23. The largest absolute Gasteiger partial charge is 0.386 e. The van der Waals surface area contributed by atoms with Crippen LogP contribution >= 0.6 is 34.2 Å². The lowest BCUT2D eigenvalue weighted by atomic mass is 9.96. The van der Waals surface area contributed by atoms with E-state index >= 15 is 0 Å². The molecule has 3 nitrogen and oxygen atoms in total. The number of hydrogen-bond donors (Lipinski definition) is 1.